The van der Waals surface area contributed by atoms with Gasteiger partial charge in [0.1, 0.15) is 11.6 Å². The molecule has 0 spiro atoms. The number of carbonyl (C=O) groups is 1. The predicted octanol–water partition coefficient (Wildman–Crippen LogP) is 3.48. The van der Waals surface area contributed by atoms with E-state index in [1.807, 2.05) is 56.9 Å². The van der Waals surface area contributed by atoms with Crippen molar-refractivity contribution in [3.05, 3.63) is 46.7 Å². The molecule has 0 saturated heterocycles. The predicted molar refractivity (Wildman–Crippen MR) is 121 cm³/mol. The number of ether oxygens (including phenoxy) is 1. The molecule has 0 fully saturated rings. The molecule has 4 N–H and O–H groups in total. The maximum absolute atomic E-state index is 13.1. The number of rotatable bonds is 6. The molecule has 30 heavy (non-hydrogen) atoms. The van der Waals surface area contributed by atoms with Crippen LogP contribution in [0.3, 0.4) is 0 Å². The molecule has 0 aliphatic heterocycles. The molecule has 1 unspecified atom stereocenters. The molecule has 3 rings (SSSR count). The first-order valence-corrected chi connectivity index (χ1v) is 10.4. The number of anilines is 2. The number of nitrogens with two attached hydrogens (primary N) is 2. The summed E-state index contributed by atoms with van der Waals surface area (Å²) in [6.45, 7) is 12.0. The number of benzene rings is 1. The molecule has 7 nitrogen and oxygen atoms in total. The number of likely N-dealkylation sites (N-methyl/N-ethyl adjacent to an activating group) is 1. The minimum Gasteiger partial charge on any atom is -0.497 e. The van der Waals surface area contributed by atoms with Crippen LogP contribution in [0.4, 0.5) is 11.8 Å². The first-order chi connectivity index (χ1) is 14.2. The van der Waals surface area contributed by atoms with E-state index < -0.39 is 5.41 Å². The Morgan fingerprint density at radius 2 is 1.87 bits per heavy atom. The van der Waals surface area contributed by atoms with Gasteiger partial charge >= 0.3 is 0 Å². The van der Waals surface area contributed by atoms with Gasteiger partial charge in [-0.1, -0.05) is 6.08 Å². The number of hydrogen-bond donors (Lipinski definition) is 2. The van der Waals surface area contributed by atoms with Gasteiger partial charge in [-0.15, -0.1) is 0 Å². The van der Waals surface area contributed by atoms with E-state index in [4.69, 9.17) is 16.2 Å². The Morgan fingerprint density at radius 3 is 2.50 bits per heavy atom. The van der Waals surface area contributed by atoms with Crippen molar-refractivity contribution >= 4 is 28.6 Å². The molecule has 1 amide bonds. The minimum atomic E-state index is -0.518. The fourth-order valence-corrected chi connectivity index (χ4v) is 4.26. The van der Waals surface area contributed by atoms with Crippen molar-refractivity contribution in [2.45, 2.75) is 46.5 Å². The van der Waals surface area contributed by atoms with E-state index in [0.717, 1.165) is 27.8 Å². The van der Waals surface area contributed by atoms with Gasteiger partial charge < -0.3 is 21.1 Å². The fraction of sp³-hybridized carbons (Fsp3) is 0.435. The lowest BCUT2D eigenvalue weighted by atomic mass is 9.71. The molecule has 1 heterocycles. The van der Waals surface area contributed by atoms with E-state index in [2.05, 4.69) is 16.9 Å². The van der Waals surface area contributed by atoms with E-state index in [0.29, 0.717) is 37.5 Å². The summed E-state index contributed by atoms with van der Waals surface area (Å²) in [5, 5.41) is 0.766. The zero-order chi connectivity index (χ0) is 22.1. The van der Waals surface area contributed by atoms with Crippen LogP contribution in [-0.2, 0) is 14.9 Å². The second-order valence-corrected chi connectivity index (χ2v) is 7.79. The van der Waals surface area contributed by atoms with E-state index in [9.17, 15) is 4.79 Å². The Morgan fingerprint density at radius 1 is 1.17 bits per heavy atom. The third-order valence-corrected chi connectivity index (χ3v) is 5.83. The highest BCUT2D eigenvalue weighted by Crippen LogP contribution is 2.44. The van der Waals surface area contributed by atoms with Crippen molar-refractivity contribution in [2.24, 2.45) is 0 Å². The van der Waals surface area contributed by atoms with Crippen molar-refractivity contribution in [3.63, 3.8) is 0 Å². The Balaban J connectivity index is 2.14. The van der Waals surface area contributed by atoms with Crippen molar-refractivity contribution in [2.75, 3.05) is 31.2 Å². The van der Waals surface area contributed by atoms with E-state index in [1.165, 1.54) is 0 Å². The number of fused-ring (bicyclic) bond motifs is 1. The average Bonchev–Trinajstić information content (AvgIpc) is 2.70. The van der Waals surface area contributed by atoms with Crippen molar-refractivity contribution in [3.8, 4) is 0 Å². The lowest BCUT2D eigenvalue weighted by Crippen LogP contribution is -2.37. The van der Waals surface area contributed by atoms with Gasteiger partial charge in [0.15, 0.2) is 0 Å². The van der Waals surface area contributed by atoms with Crippen LogP contribution in [0, 0.1) is 6.92 Å². The van der Waals surface area contributed by atoms with Crippen LogP contribution < -0.4 is 11.5 Å². The quantitative estimate of drug-likeness (QED) is 0.756. The number of aryl methyl sites for hydroxylation is 1. The topological polar surface area (TPSA) is 107 Å². The molecular formula is C23H31N5O2. The van der Waals surface area contributed by atoms with Crippen molar-refractivity contribution in [1.29, 1.82) is 0 Å². The number of allylic oxidation sites excluding steroid dienone is 3. The first kappa shape index (κ1) is 21.6. The molecule has 0 radical (unpaired) electrons. The van der Waals surface area contributed by atoms with Crippen LogP contribution in [0.5, 0.6) is 0 Å². The average molecular weight is 410 g/mol. The van der Waals surface area contributed by atoms with Gasteiger partial charge in [0.25, 0.3) is 0 Å². The van der Waals surface area contributed by atoms with Gasteiger partial charge in [0, 0.05) is 24.0 Å². The smallest absolute Gasteiger partial charge is 0.249 e. The van der Waals surface area contributed by atoms with Crippen LogP contribution in [0.2, 0.25) is 0 Å². The molecule has 1 aliphatic carbocycles. The van der Waals surface area contributed by atoms with Crippen LogP contribution in [0.25, 0.3) is 10.9 Å². The van der Waals surface area contributed by atoms with Crippen LogP contribution in [0.15, 0.2) is 35.6 Å². The Kier molecular flexibility index (Phi) is 6.01. The minimum absolute atomic E-state index is 0.0623. The Labute approximate surface area is 177 Å². The van der Waals surface area contributed by atoms with Gasteiger partial charge in [0.05, 0.1) is 17.5 Å². The van der Waals surface area contributed by atoms with Gasteiger partial charge in [-0.05, 0) is 70.4 Å². The lowest BCUT2D eigenvalue weighted by Gasteiger charge is -2.37. The lowest BCUT2D eigenvalue weighted by molar-refractivity contribution is -0.127. The third kappa shape index (κ3) is 3.72. The summed E-state index contributed by atoms with van der Waals surface area (Å²) in [5.41, 5.74) is 14.9. The molecule has 2 aromatic rings. The van der Waals surface area contributed by atoms with E-state index in [1.54, 1.807) is 0 Å². The normalized spacial score (nSPS) is 18.7. The second kappa shape index (κ2) is 8.34. The molecule has 0 saturated carbocycles. The summed E-state index contributed by atoms with van der Waals surface area (Å²) in [6, 6.07) is 3.98. The summed E-state index contributed by atoms with van der Waals surface area (Å²) in [6.07, 6.45) is 4.36. The summed E-state index contributed by atoms with van der Waals surface area (Å²) >= 11 is 0. The molecule has 1 aromatic carbocycles. The Bertz CT molecular complexity index is 1040. The summed E-state index contributed by atoms with van der Waals surface area (Å²) in [5.74, 6) is 1.39. The highest BCUT2D eigenvalue weighted by molar-refractivity contribution is 5.95. The number of carbonyl (C=O) groups excluding carboxylic acids is 1. The number of hydrogen-bond acceptors (Lipinski definition) is 6. The number of nitrogen functional groups attached to an aromatic ring is 2. The Hall–Kier alpha value is -3.09. The maximum atomic E-state index is 13.1. The van der Waals surface area contributed by atoms with Gasteiger partial charge in [-0.3, -0.25) is 4.79 Å². The number of nitrogens with zero attached hydrogens (tertiary/aromatic N) is 3. The van der Waals surface area contributed by atoms with E-state index in [-0.39, 0.29) is 11.9 Å². The summed E-state index contributed by atoms with van der Waals surface area (Å²) in [7, 11) is 0. The molecule has 0 bridgehead atoms. The summed E-state index contributed by atoms with van der Waals surface area (Å²) < 4.78 is 6.02. The molecule has 1 aromatic heterocycles. The maximum Gasteiger partial charge on any atom is 0.249 e. The SMILES string of the molecule is CCOC1=CC=C(C(=O)N(CC)CC)CC1(C)c1cc2nc(N)nc(N)c2cc1C. The highest BCUT2D eigenvalue weighted by Gasteiger charge is 2.39. The largest absolute Gasteiger partial charge is 0.497 e. The number of amides is 1. The molecular weight excluding hydrogens is 378 g/mol. The standard InChI is InChI=1S/C23H31N5O2/c1-6-28(7-2)21(29)15-9-10-19(30-8-3)23(5,13-15)17-12-18-16(11-14(17)4)20(24)27-22(25)26-18/h9-12H,6-8,13H2,1-5H3,(H4,24,25,26,27). The summed E-state index contributed by atoms with van der Waals surface area (Å²) in [4.78, 5) is 23.4. The molecule has 7 heteroatoms. The third-order valence-electron chi connectivity index (χ3n) is 5.83. The van der Waals surface area contributed by atoms with E-state index >= 15 is 0 Å². The van der Waals surface area contributed by atoms with Crippen LogP contribution in [0.1, 0.15) is 45.2 Å². The van der Waals surface area contributed by atoms with Gasteiger partial charge in [-0.2, -0.15) is 4.98 Å². The zero-order valence-electron chi connectivity index (χ0n) is 18.5. The zero-order valence-corrected chi connectivity index (χ0v) is 18.5. The second-order valence-electron chi connectivity index (χ2n) is 7.79. The highest BCUT2D eigenvalue weighted by atomic mass is 16.5. The van der Waals surface area contributed by atoms with Crippen LogP contribution in [-0.4, -0.2) is 40.5 Å². The van der Waals surface area contributed by atoms with Crippen molar-refractivity contribution < 1.29 is 9.53 Å². The number of aromatic nitrogens is 2. The fourth-order valence-electron chi connectivity index (χ4n) is 4.26. The monoisotopic (exact) mass is 409 g/mol. The molecule has 1 aliphatic rings. The van der Waals surface area contributed by atoms with Crippen LogP contribution >= 0.6 is 0 Å². The molecule has 160 valence electrons. The first-order valence-electron chi connectivity index (χ1n) is 10.4. The van der Waals surface area contributed by atoms with Gasteiger partial charge in [0.2, 0.25) is 11.9 Å². The van der Waals surface area contributed by atoms with Gasteiger partial charge in [-0.25, -0.2) is 4.98 Å². The van der Waals surface area contributed by atoms with Crippen molar-refractivity contribution in [1.82, 2.24) is 14.9 Å². The molecule has 1 atom stereocenters.